The van der Waals surface area contributed by atoms with E-state index in [0.29, 0.717) is 13.1 Å². The van der Waals surface area contributed by atoms with Crippen LogP contribution >= 0.6 is 0 Å². The van der Waals surface area contributed by atoms with E-state index in [9.17, 15) is 4.79 Å². The van der Waals surface area contributed by atoms with Crippen molar-refractivity contribution in [2.24, 2.45) is 0 Å². The molecular formula is C15H24N2O3. The lowest BCUT2D eigenvalue weighted by atomic mass is 10.1. The van der Waals surface area contributed by atoms with E-state index < -0.39 is 0 Å². The van der Waals surface area contributed by atoms with Gasteiger partial charge in [0.1, 0.15) is 11.5 Å². The average molecular weight is 280 g/mol. The number of hydrogen-bond donors (Lipinski definition) is 1. The maximum Gasteiger partial charge on any atom is 0.234 e. The molecule has 1 amide bonds. The number of methoxy groups -OCH3 is 2. The molecule has 0 atom stereocenters. The molecular weight excluding hydrogens is 256 g/mol. The first kappa shape index (κ1) is 16.3. The first-order chi connectivity index (χ1) is 9.46. The van der Waals surface area contributed by atoms with Gasteiger partial charge in [-0.15, -0.1) is 0 Å². The summed E-state index contributed by atoms with van der Waals surface area (Å²) in [6.45, 7) is 4.86. The standard InChI is InChI=1S/C15H24N2O3/c1-11(2)16-15(18)10-17(3)9-12-8-13(19-4)6-7-14(12)20-5/h6-8,11H,9-10H2,1-5H3,(H,16,18). The van der Waals surface area contributed by atoms with Crippen LogP contribution in [0.15, 0.2) is 18.2 Å². The average Bonchev–Trinajstić information content (AvgIpc) is 2.37. The van der Waals surface area contributed by atoms with E-state index in [4.69, 9.17) is 9.47 Å². The Morgan fingerprint density at radius 1 is 1.30 bits per heavy atom. The monoisotopic (exact) mass is 280 g/mol. The molecule has 0 radical (unpaired) electrons. The normalized spacial score (nSPS) is 10.8. The Morgan fingerprint density at radius 3 is 2.55 bits per heavy atom. The Bertz CT molecular complexity index is 447. The molecule has 0 fully saturated rings. The van der Waals surface area contributed by atoms with Crippen molar-refractivity contribution in [3.63, 3.8) is 0 Å². The van der Waals surface area contributed by atoms with Crippen LogP contribution in [-0.4, -0.2) is 44.7 Å². The van der Waals surface area contributed by atoms with Gasteiger partial charge >= 0.3 is 0 Å². The molecule has 0 heterocycles. The number of hydrogen-bond acceptors (Lipinski definition) is 4. The zero-order chi connectivity index (χ0) is 15.1. The lowest BCUT2D eigenvalue weighted by molar-refractivity contribution is -0.122. The first-order valence-corrected chi connectivity index (χ1v) is 6.65. The van der Waals surface area contributed by atoms with Crippen molar-refractivity contribution in [1.29, 1.82) is 0 Å². The van der Waals surface area contributed by atoms with Gasteiger partial charge in [0.25, 0.3) is 0 Å². The second kappa shape index (κ2) is 7.75. The third-order valence-electron chi connectivity index (χ3n) is 2.79. The first-order valence-electron chi connectivity index (χ1n) is 6.65. The molecule has 0 spiro atoms. The lowest BCUT2D eigenvalue weighted by Gasteiger charge is -2.19. The zero-order valence-corrected chi connectivity index (χ0v) is 12.9. The van der Waals surface area contributed by atoms with E-state index in [1.165, 1.54) is 0 Å². The molecule has 20 heavy (non-hydrogen) atoms. The summed E-state index contributed by atoms with van der Waals surface area (Å²) in [5.74, 6) is 1.59. The van der Waals surface area contributed by atoms with Gasteiger partial charge in [-0.3, -0.25) is 9.69 Å². The minimum absolute atomic E-state index is 0.0179. The highest BCUT2D eigenvalue weighted by Crippen LogP contribution is 2.24. The Hall–Kier alpha value is -1.75. The summed E-state index contributed by atoms with van der Waals surface area (Å²) in [5.41, 5.74) is 0.992. The molecule has 112 valence electrons. The van der Waals surface area contributed by atoms with Gasteiger partial charge in [0, 0.05) is 18.2 Å². The van der Waals surface area contributed by atoms with Crippen LogP contribution in [-0.2, 0) is 11.3 Å². The third kappa shape index (κ3) is 5.09. The minimum Gasteiger partial charge on any atom is -0.497 e. The second-order valence-corrected chi connectivity index (χ2v) is 5.07. The van der Waals surface area contributed by atoms with Crippen LogP contribution in [0.4, 0.5) is 0 Å². The van der Waals surface area contributed by atoms with Gasteiger partial charge < -0.3 is 14.8 Å². The number of rotatable bonds is 7. The Kier molecular flexibility index (Phi) is 6.31. The predicted molar refractivity (Wildman–Crippen MR) is 79.2 cm³/mol. The number of nitrogens with one attached hydrogen (secondary N) is 1. The molecule has 5 heteroatoms. The van der Waals surface area contributed by atoms with Crippen molar-refractivity contribution in [1.82, 2.24) is 10.2 Å². The summed E-state index contributed by atoms with van der Waals surface area (Å²) < 4.78 is 10.5. The highest BCUT2D eigenvalue weighted by Gasteiger charge is 2.11. The fourth-order valence-electron chi connectivity index (χ4n) is 1.96. The SMILES string of the molecule is COc1ccc(OC)c(CN(C)CC(=O)NC(C)C)c1. The van der Waals surface area contributed by atoms with Crippen LogP contribution in [0.25, 0.3) is 0 Å². The highest BCUT2D eigenvalue weighted by molar-refractivity contribution is 5.78. The Labute approximate surface area is 120 Å². The summed E-state index contributed by atoms with van der Waals surface area (Å²) in [4.78, 5) is 13.7. The molecule has 5 nitrogen and oxygen atoms in total. The van der Waals surface area contributed by atoms with Crippen LogP contribution in [0.5, 0.6) is 11.5 Å². The maximum atomic E-state index is 11.7. The van der Waals surface area contributed by atoms with E-state index in [0.717, 1.165) is 17.1 Å². The Balaban J connectivity index is 2.69. The summed E-state index contributed by atoms with van der Waals surface area (Å²) >= 11 is 0. The van der Waals surface area contributed by atoms with E-state index in [-0.39, 0.29) is 11.9 Å². The fourth-order valence-corrected chi connectivity index (χ4v) is 1.96. The zero-order valence-electron chi connectivity index (χ0n) is 12.9. The quantitative estimate of drug-likeness (QED) is 0.825. The lowest BCUT2D eigenvalue weighted by Crippen LogP contribution is -2.38. The van der Waals surface area contributed by atoms with Crippen LogP contribution in [0.2, 0.25) is 0 Å². The van der Waals surface area contributed by atoms with Gasteiger partial charge in [-0.1, -0.05) is 0 Å². The van der Waals surface area contributed by atoms with E-state index in [1.54, 1.807) is 14.2 Å². The number of ether oxygens (including phenoxy) is 2. The number of carbonyl (C=O) groups excluding carboxylic acids is 1. The minimum atomic E-state index is 0.0179. The van der Waals surface area contributed by atoms with Gasteiger partial charge in [-0.05, 0) is 39.1 Å². The highest BCUT2D eigenvalue weighted by atomic mass is 16.5. The molecule has 1 N–H and O–H groups in total. The molecule has 0 unspecified atom stereocenters. The maximum absolute atomic E-state index is 11.7. The molecule has 0 aliphatic heterocycles. The van der Waals surface area contributed by atoms with Gasteiger partial charge in [-0.25, -0.2) is 0 Å². The van der Waals surface area contributed by atoms with E-state index in [1.807, 2.05) is 44.0 Å². The number of amides is 1. The van der Waals surface area contributed by atoms with Crippen molar-refractivity contribution in [3.8, 4) is 11.5 Å². The van der Waals surface area contributed by atoms with Gasteiger partial charge in [0.05, 0.1) is 20.8 Å². The number of benzene rings is 1. The molecule has 0 aromatic heterocycles. The Morgan fingerprint density at radius 2 is 2.00 bits per heavy atom. The third-order valence-corrected chi connectivity index (χ3v) is 2.79. The summed E-state index contributed by atoms with van der Waals surface area (Å²) in [5, 5.41) is 2.87. The van der Waals surface area contributed by atoms with E-state index in [2.05, 4.69) is 5.32 Å². The van der Waals surface area contributed by atoms with Crippen molar-refractivity contribution in [3.05, 3.63) is 23.8 Å². The summed E-state index contributed by atoms with van der Waals surface area (Å²) in [6.07, 6.45) is 0. The fraction of sp³-hybridized carbons (Fsp3) is 0.533. The number of carbonyl (C=O) groups is 1. The van der Waals surface area contributed by atoms with E-state index >= 15 is 0 Å². The second-order valence-electron chi connectivity index (χ2n) is 5.07. The molecule has 1 aromatic carbocycles. The molecule has 0 bridgehead atoms. The van der Waals surface area contributed by atoms with Gasteiger partial charge in [0.2, 0.25) is 5.91 Å². The van der Waals surface area contributed by atoms with Crippen LogP contribution in [0.3, 0.4) is 0 Å². The smallest absolute Gasteiger partial charge is 0.234 e. The number of nitrogens with zero attached hydrogens (tertiary/aromatic N) is 1. The van der Waals surface area contributed by atoms with Crippen LogP contribution in [0.1, 0.15) is 19.4 Å². The molecule has 0 saturated carbocycles. The van der Waals surface area contributed by atoms with Crippen molar-refractivity contribution in [2.75, 3.05) is 27.8 Å². The van der Waals surface area contributed by atoms with Crippen molar-refractivity contribution in [2.45, 2.75) is 26.4 Å². The summed E-state index contributed by atoms with van der Waals surface area (Å²) in [7, 11) is 5.17. The van der Waals surface area contributed by atoms with Gasteiger partial charge in [0.15, 0.2) is 0 Å². The van der Waals surface area contributed by atoms with Crippen LogP contribution in [0, 0.1) is 0 Å². The number of likely N-dealkylation sites (N-methyl/N-ethyl adjacent to an activating group) is 1. The van der Waals surface area contributed by atoms with Crippen molar-refractivity contribution >= 4 is 5.91 Å². The van der Waals surface area contributed by atoms with Crippen LogP contribution < -0.4 is 14.8 Å². The molecule has 0 aliphatic rings. The topological polar surface area (TPSA) is 50.8 Å². The molecule has 1 aromatic rings. The largest absolute Gasteiger partial charge is 0.497 e. The molecule has 1 rings (SSSR count). The molecule has 0 saturated heterocycles. The van der Waals surface area contributed by atoms with Gasteiger partial charge in [-0.2, -0.15) is 0 Å². The van der Waals surface area contributed by atoms with Crippen molar-refractivity contribution < 1.29 is 14.3 Å². The summed E-state index contributed by atoms with van der Waals surface area (Å²) in [6, 6.07) is 5.81. The molecule has 0 aliphatic carbocycles. The predicted octanol–water partition coefficient (Wildman–Crippen LogP) is 1.66.